The number of rotatable bonds is 13. The van der Waals surface area contributed by atoms with Crippen LogP contribution >= 0.6 is 0 Å². The lowest BCUT2D eigenvalue weighted by atomic mass is 9.84. The Morgan fingerprint density at radius 3 is 2.41 bits per heavy atom. The number of Topliss-reactive ketones (excluding diaryl/α,β-unsaturated/α-hetero) is 1. The van der Waals surface area contributed by atoms with Crippen LogP contribution in [-0.4, -0.2) is 111 Å². The minimum Gasteiger partial charge on any atom is -0.486 e. The van der Waals surface area contributed by atoms with Gasteiger partial charge < -0.3 is 40.6 Å². The molecule has 3 atom stereocenters. The van der Waals surface area contributed by atoms with Gasteiger partial charge in [0.25, 0.3) is 11.8 Å². The molecule has 0 spiro atoms. The van der Waals surface area contributed by atoms with E-state index < -0.39 is 58.7 Å². The highest BCUT2D eigenvalue weighted by atomic mass is 16.6. The van der Waals surface area contributed by atoms with Crippen LogP contribution in [0.15, 0.2) is 42.6 Å². The van der Waals surface area contributed by atoms with Crippen LogP contribution < -0.4 is 21.1 Å². The number of ketones is 1. The summed E-state index contributed by atoms with van der Waals surface area (Å²) in [6.45, 7) is 4.54. The number of carbonyl (C=O) groups is 5. The molecule has 16 heteroatoms. The Balaban J connectivity index is 1.18. The number of aliphatic hydroxyl groups is 1. The smallest absolute Gasteiger partial charge is 0.287 e. The van der Waals surface area contributed by atoms with Gasteiger partial charge in [0.1, 0.15) is 35.1 Å². The number of amides is 4. The fourth-order valence-electron chi connectivity index (χ4n) is 8.45. The summed E-state index contributed by atoms with van der Waals surface area (Å²) in [4.78, 5) is 70.2. The number of primary amides is 1. The molecule has 3 aliphatic heterocycles. The first-order chi connectivity index (χ1) is 26.8. The quantitative estimate of drug-likeness (QED) is 0.184. The van der Waals surface area contributed by atoms with Crippen molar-refractivity contribution in [1.82, 2.24) is 30.5 Å². The number of nitrogens with zero attached hydrogens (tertiary/aromatic N) is 4. The van der Waals surface area contributed by atoms with Crippen molar-refractivity contribution in [2.75, 3.05) is 33.0 Å². The summed E-state index contributed by atoms with van der Waals surface area (Å²) in [5.74, 6) is -2.76. The molecule has 7 rings (SSSR count). The Kier molecular flexibility index (Phi) is 11.4. The summed E-state index contributed by atoms with van der Waals surface area (Å²) in [6, 6.07) is 8.29. The standard InChI is InChI=1S/C40H51N7O9/c1-39(2,53)33-20-42-45-47(33)28-19-32(37(51)44-40(34(48)35(41)49)12-14-54-15-13-40)46(21-28)38(52)31(16-24-6-4-3-5-7-24)43-36(50)27-9-8-26-18-29(11-10-25(26)17-27)56-30-22-55-23-30/h8-11,17-18,20,24,28,30-32,53H,3-7,12-16,19,21-23H2,1-2H3,(H2,41,49)(H,43,50)(H,44,51)/t28-,31?,32-/m0/s1. The largest absolute Gasteiger partial charge is 0.486 e. The fourth-order valence-corrected chi connectivity index (χ4v) is 8.45. The molecule has 5 N–H and O–H groups in total. The highest BCUT2D eigenvalue weighted by molar-refractivity contribution is 6.39. The van der Waals surface area contributed by atoms with E-state index in [2.05, 4.69) is 20.9 Å². The van der Waals surface area contributed by atoms with Crippen LogP contribution in [0.5, 0.6) is 5.75 Å². The van der Waals surface area contributed by atoms with Crippen molar-refractivity contribution in [2.24, 2.45) is 11.7 Å². The SMILES string of the molecule is CC(C)(O)c1cnnn1[C@H]1C[C@@H](C(=O)NC2(C(=O)C(N)=O)CCOCC2)N(C(=O)C(CC2CCCCC2)NC(=O)c2ccc3cc(OC4COC4)ccc3c2)C1. The molecule has 4 amide bonds. The third-order valence-electron chi connectivity index (χ3n) is 11.7. The van der Waals surface area contributed by atoms with Crippen molar-refractivity contribution in [3.8, 4) is 5.75 Å². The topological polar surface area (TPSA) is 217 Å². The monoisotopic (exact) mass is 773 g/mol. The van der Waals surface area contributed by atoms with E-state index in [9.17, 15) is 29.1 Å². The predicted octanol–water partition coefficient (Wildman–Crippen LogP) is 2.07. The van der Waals surface area contributed by atoms with Crippen molar-refractivity contribution in [3.63, 3.8) is 0 Å². The number of nitrogens with two attached hydrogens (primary N) is 1. The summed E-state index contributed by atoms with van der Waals surface area (Å²) < 4.78 is 18.1. The van der Waals surface area contributed by atoms with Crippen molar-refractivity contribution in [2.45, 2.75) is 107 Å². The molecule has 1 saturated carbocycles. The van der Waals surface area contributed by atoms with E-state index >= 15 is 0 Å². The number of hydrogen-bond donors (Lipinski definition) is 4. The van der Waals surface area contributed by atoms with Gasteiger partial charge in [0.2, 0.25) is 17.6 Å². The van der Waals surface area contributed by atoms with Gasteiger partial charge in [0.15, 0.2) is 0 Å². The number of nitrogens with one attached hydrogen (secondary N) is 2. The van der Waals surface area contributed by atoms with Crippen LogP contribution in [0.2, 0.25) is 0 Å². The van der Waals surface area contributed by atoms with Gasteiger partial charge in [0, 0.05) is 44.6 Å². The number of benzene rings is 2. The summed E-state index contributed by atoms with van der Waals surface area (Å²) in [7, 11) is 0. The summed E-state index contributed by atoms with van der Waals surface area (Å²) in [5.41, 5.74) is 3.28. The van der Waals surface area contributed by atoms with Crippen LogP contribution in [0.4, 0.5) is 0 Å². The van der Waals surface area contributed by atoms with E-state index in [1.54, 1.807) is 26.0 Å². The number of hydrogen-bond acceptors (Lipinski definition) is 11. The predicted molar refractivity (Wildman–Crippen MR) is 201 cm³/mol. The van der Waals surface area contributed by atoms with Crippen LogP contribution in [0.1, 0.15) is 93.7 Å². The molecule has 56 heavy (non-hydrogen) atoms. The minimum absolute atomic E-state index is 0.00757. The first kappa shape index (κ1) is 39.3. The lowest BCUT2D eigenvalue weighted by Crippen LogP contribution is -2.64. The molecule has 1 unspecified atom stereocenters. The van der Waals surface area contributed by atoms with E-state index in [0.29, 0.717) is 36.6 Å². The second-order valence-corrected chi connectivity index (χ2v) is 16.2. The molecule has 4 heterocycles. The summed E-state index contributed by atoms with van der Waals surface area (Å²) in [5, 5.41) is 26.7. The highest BCUT2D eigenvalue weighted by Gasteiger charge is 2.49. The Hall–Kier alpha value is -4.93. The molecule has 2 aromatic carbocycles. The van der Waals surface area contributed by atoms with Crippen LogP contribution in [0, 0.1) is 5.92 Å². The van der Waals surface area contributed by atoms with Crippen LogP contribution in [-0.2, 0) is 34.3 Å². The van der Waals surface area contributed by atoms with Gasteiger partial charge in [-0.1, -0.05) is 49.5 Å². The molecule has 3 saturated heterocycles. The minimum atomic E-state index is -1.59. The maximum absolute atomic E-state index is 14.9. The third-order valence-corrected chi connectivity index (χ3v) is 11.7. The second-order valence-electron chi connectivity index (χ2n) is 16.2. The Morgan fingerprint density at radius 1 is 1.02 bits per heavy atom. The van der Waals surface area contributed by atoms with Gasteiger partial charge >= 0.3 is 0 Å². The van der Waals surface area contributed by atoms with Crippen LogP contribution in [0.25, 0.3) is 10.8 Å². The number of fused-ring (bicyclic) bond motifs is 1. The summed E-state index contributed by atoms with van der Waals surface area (Å²) >= 11 is 0. The first-order valence-electron chi connectivity index (χ1n) is 19.6. The molecule has 4 aliphatic rings. The zero-order chi connectivity index (χ0) is 39.6. The maximum Gasteiger partial charge on any atom is 0.287 e. The zero-order valence-electron chi connectivity index (χ0n) is 31.9. The molecule has 1 aliphatic carbocycles. The Bertz CT molecular complexity index is 1960. The van der Waals surface area contributed by atoms with Crippen molar-refractivity contribution < 1.29 is 43.3 Å². The Morgan fingerprint density at radius 2 is 1.73 bits per heavy atom. The fraction of sp³-hybridized carbons (Fsp3) is 0.575. The molecular formula is C40H51N7O9. The summed E-state index contributed by atoms with van der Waals surface area (Å²) in [6.07, 6.45) is 6.93. The van der Waals surface area contributed by atoms with Crippen LogP contribution in [0.3, 0.4) is 0 Å². The number of ether oxygens (including phenoxy) is 3. The maximum atomic E-state index is 14.9. The normalized spacial score (nSPS) is 22.2. The van der Waals surface area contributed by atoms with Crippen molar-refractivity contribution in [3.05, 3.63) is 53.9 Å². The molecular weight excluding hydrogens is 722 g/mol. The first-order valence-corrected chi connectivity index (χ1v) is 19.6. The van der Waals surface area contributed by atoms with Gasteiger partial charge in [-0.3, -0.25) is 24.0 Å². The van der Waals surface area contributed by atoms with Gasteiger partial charge in [-0.05, 0) is 61.2 Å². The molecule has 4 fully saturated rings. The number of likely N-dealkylation sites (tertiary alicyclic amines) is 1. The molecule has 300 valence electrons. The molecule has 0 radical (unpaired) electrons. The van der Waals surface area contributed by atoms with E-state index in [1.165, 1.54) is 15.8 Å². The van der Waals surface area contributed by atoms with Gasteiger partial charge in [-0.15, -0.1) is 5.10 Å². The van der Waals surface area contributed by atoms with Crippen molar-refractivity contribution >= 4 is 40.2 Å². The average molecular weight is 774 g/mol. The highest BCUT2D eigenvalue weighted by Crippen LogP contribution is 2.35. The van der Waals surface area contributed by atoms with E-state index in [4.69, 9.17) is 19.9 Å². The van der Waals surface area contributed by atoms with E-state index in [0.717, 1.165) is 42.9 Å². The average Bonchev–Trinajstić information content (AvgIpc) is 3.85. The Labute approximate surface area is 324 Å². The second kappa shape index (κ2) is 16.3. The third kappa shape index (κ3) is 8.42. The van der Waals surface area contributed by atoms with E-state index in [-0.39, 0.29) is 51.0 Å². The van der Waals surface area contributed by atoms with Gasteiger partial charge in [-0.2, -0.15) is 0 Å². The van der Waals surface area contributed by atoms with Gasteiger partial charge in [-0.25, -0.2) is 4.68 Å². The lowest BCUT2D eigenvalue weighted by molar-refractivity contribution is -0.147. The van der Waals surface area contributed by atoms with E-state index in [1.807, 2.05) is 24.3 Å². The number of aromatic nitrogens is 3. The zero-order valence-corrected chi connectivity index (χ0v) is 31.9. The molecule has 1 aromatic heterocycles. The van der Waals surface area contributed by atoms with Gasteiger partial charge in [0.05, 0.1) is 31.1 Å². The molecule has 0 bridgehead atoms. The number of carbonyl (C=O) groups excluding carboxylic acids is 5. The van der Waals surface area contributed by atoms with Crippen molar-refractivity contribution in [1.29, 1.82) is 0 Å². The molecule has 16 nitrogen and oxygen atoms in total. The molecule has 3 aromatic rings. The lowest BCUT2D eigenvalue weighted by Gasteiger charge is -2.37.